The van der Waals surface area contributed by atoms with Gasteiger partial charge in [-0.2, -0.15) is 0 Å². The van der Waals surface area contributed by atoms with Crippen LogP contribution >= 0.6 is 0 Å². The number of piperidine rings is 1. The normalized spacial score (nSPS) is 28.8. The van der Waals surface area contributed by atoms with Crippen molar-refractivity contribution in [3.8, 4) is 0 Å². The molecule has 2 saturated heterocycles. The molecule has 2 heterocycles. The summed E-state index contributed by atoms with van der Waals surface area (Å²) in [5.74, 6) is 0. The third kappa shape index (κ3) is 3.50. The average Bonchev–Trinajstić information content (AvgIpc) is 2.47. The summed E-state index contributed by atoms with van der Waals surface area (Å²) in [5, 5.41) is 0. The topological polar surface area (TPSA) is 41.7 Å². The van der Waals surface area contributed by atoms with Gasteiger partial charge in [0.05, 0.1) is 12.2 Å². The van der Waals surface area contributed by atoms with Gasteiger partial charge in [0, 0.05) is 43.6 Å². The molecule has 116 valence electrons. The van der Waals surface area contributed by atoms with Crippen molar-refractivity contribution < 1.29 is 4.74 Å². The number of nitrogens with zero attached hydrogens (tertiary/aromatic N) is 2. The van der Waals surface area contributed by atoms with Gasteiger partial charge in [0.15, 0.2) is 0 Å². The van der Waals surface area contributed by atoms with Crippen molar-refractivity contribution >= 4 is 11.4 Å². The molecule has 21 heavy (non-hydrogen) atoms. The van der Waals surface area contributed by atoms with Crippen LogP contribution in [0.25, 0.3) is 0 Å². The average molecular weight is 289 g/mol. The first-order valence-corrected chi connectivity index (χ1v) is 8.12. The molecule has 2 fully saturated rings. The molecule has 2 N–H and O–H groups in total. The fourth-order valence-corrected chi connectivity index (χ4v) is 3.69. The van der Waals surface area contributed by atoms with Gasteiger partial charge in [-0.05, 0) is 51.0 Å². The summed E-state index contributed by atoms with van der Waals surface area (Å²) in [7, 11) is 0. The highest BCUT2D eigenvalue weighted by atomic mass is 16.5. The van der Waals surface area contributed by atoms with E-state index in [9.17, 15) is 0 Å². The highest BCUT2D eigenvalue weighted by Crippen LogP contribution is 2.25. The van der Waals surface area contributed by atoms with Crippen molar-refractivity contribution in [2.45, 2.75) is 44.9 Å². The Kier molecular flexibility index (Phi) is 4.36. The van der Waals surface area contributed by atoms with E-state index < -0.39 is 0 Å². The zero-order chi connectivity index (χ0) is 14.8. The highest BCUT2D eigenvalue weighted by molar-refractivity contribution is 5.53. The van der Waals surface area contributed by atoms with E-state index in [1.165, 1.54) is 18.5 Å². The summed E-state index contributed by atoms with van der Waals surface area (Å²) in [6.07, 6.45) is 3.21. The van der Waals surface area contributed by atoms with Gasteiger partial charge in [0.1, 0.15) is 0 Å². The lowest BCUT2D eigenvalue weighted by Crippen LogP contribution is -2.53. The van der Waals surface area contributed by atoms with E-state index in [-0.39, 0.29) is 0 Å². The van der Waals surface area contributed by atoms with Gasteiger partial charge in [-0.3, -0.25) is 4.90 Å². The Hall–Kier alpha value is -1.26. The lowest BCUT2D eigenvalue weighted by molar-refractivity contribution is -0.0826. The second-order valence-electron chi connectivity index (χ2n) is 6.52. The first-order chi connectivity index (χ1) is 10.1. The second-order valence-corrected chi connectivity index (χ2v) is 6.52. The zero-order valence-corrected chi connectivity index (χ0v) is 13.2. The molecule has 0 bridgehead atoms. The van der Waals surface area contributed by atoms with Gasteiger partial charge in [-0.15, -0.1) is 0 Å². The van der Waals surface area contributed by atoms with Crippen LogP contribution < -0.4 is 10.6 Å². The van der Waals surface area contributed by atoms with E-state index in [4.69, 9.17) is 10.5 Å². The molecule has 4 nitrogen and oxygen atoms in total. The van der Waals surface area contributed by atoms with Crippen LogP contribution in [-0.2, 0) is 4.74 Å². The third-order valence-electron chi connectivity index (χ3n) is 4.69. The molecule has 2 aliphatic heterocycles. The molecule has 3 rings (SSSR count). The number of hydrogen-bond donors (Lipinski definition) is 1. The number of nitrogens with two attached hydrogens (primary N) is 1. The van der Waals surface area contributed by atoms with Crippen molar-refractivity contribution in [1.29, 1.82) is 0 Å². The Morgan fingerprint density at radius 2 is 1.57 bits per heavy atom. The van der Waals surface area contributed by atoms with Crippen LogP contribution in [0.15, 0.2) is 24.3 Å². The van der Waals surface area contributed by atoms with Crippen molar-refractivity contribution in [2.24, 2.45) is 0 Å². The van der Waals surface area contributed by atoms with Gasteiger partial charge in [0.25, 0.3) is 0 Å². The van der Waals surface area contributed by atoms with Gasteiger partial charge in [-0.25, -0.2) is 0 Å². The van der Waals surface area contributed by atoms with E-state index >= 15 is 0 Å². The molecule has 0 aliphatic carbocycles. The first kappa shape index (κ1) is 14.7. The van der Waals surface area contributed by atoms with Crippen LogP contribution in [0.5, 0.6) is 0 Å². The number of ether oxygens (including phenoxy) is 1. The highest BCUT2D eigenvalue weighted by Gasteiger charge is 2.30. The molecule has 0 amide bonds. The molecular formula is C17H27N3O. The number of rotatable bonds is 2. The minimum Gasteiger partial charge on any atom is -0.399 e. The van der Waals surface area contributed by atoms with E-state index in [1.807, 2.05) is 12.1 Å². The van der Waals surface area contributed by atoms with Crippen molar-refractivity contribution in [3.63, 3.8) is 0 Å². The van der Waals surface area contributed by atoms with Crippen LogP contribution in [0.3, 0.4) is 0 Å². The number of morpholine rings is 1. The predicted octanol–water partition coefficient (Wildman–Crippen LogP) is 2.35. The predicted molar refractivity (Wildman–Crippen MR) is 87.7 cm³/mol. The summed E-state index contributed by atoms with van der Waals surface area (Å²) < 4.78 is 5.84. The first-order valence-electron chi connectivity index (χ1n) is 8.12. The molecule has 1 aromatic carbocycles. The molecule has 1 aromatic rings. The number of benzene rings is 1. The van der Waals surface area contributed by atoms with E-state index in [0.717, 1.165) is 31.9 Å². The zero-order valence-electron chi connectivity index (χ0n) is 13.2. The monoisotopic (exact) mass is 289 g/mol. The molecule has 0 radical (unpaired) electrons. The fourth-order valence-electron chi connectivity index (χ4n) is 3.69. The number of anilines is 2. The standard InChI is InChI=1S/C17H27N3O/c1-13-11-20(12-14(2)21-13)17-7-9-19(10-8-17)16-5-3-15(18)4-6-16/h3-6,13-14,17H,7-12,18H2,1-2H3. The van der Waals surface area contributed by atoms with E-state index in [0.29, 0.717) is 18.2 Å². The van der Waals surface area contributed by atoms with Crippen LogP contribution in [0.4, 0.5) is 11.4 Å². The molecule has 0 spiro atoms. The molecule has 0 aromatic heterocycles. The van der Waals surface area contributed by atoms with Gasteiger partial charge in [-0.1, -0.05) is 0 Å². The maximum atomic E-state index is 5.84. The Morgan fingerprint density at radius 1 is 1.00 bits per heavy atom. The second kappa shape index (κ2) is 6.24. The van der Waals surface area contributed by atoms with Gasteiger partial charge < -0.3 is 15.4 Å². The summed E-state index contributed by atoms with van der Waals surface area (Å²) >= 11 is 0. The lowest BCUT2D eigenvalue weighted by Gasteiger charge is -2.44. The summed E-state index contributed by atoms with van der Waals surface area (Å²) in [5.41, 5.74) is 7.90. The van der Waals surface area contributed by atoms with E-state index in [1.54, 1.807) is 0 Å². The maximum Gasteiger partial charge on any atom is 0.0678 e. The Bertz CT molecular complexity index is 444. The summed E-state index contributed by atoms with van der Waals surface area (Å²) in [4.78, 5) is 5.11. The Labute approximate surface area is 127 Å². The van der Waals surface area contributed by atoms with Crippen molar-refractivity contribution in [2.75, 3.05) is 36.8 Å². The number of hydrogen-bond acceptors (Lipinski definition) is 4. The Balaban J connectivity index is 1.56. The molecule has 4 heteroatoms. The molecular weight excluding hydrogens is 262 g/mol. The van der Waals surface area contributed by atoms with Crippen LogP contribution in [-0.4, -0.2) is 49.3 Å². The lowest BCUT2D eigenvalue weighted by atomic mass is 10.0. The molecule has 2 unspecified atom stereocenters. The van der Waals surface area contributed by atoms with E-state index in [2.05, 4.69) is 35.8 Å². The van der Waals surface area contributed by atoms with Crippen LogP contribution in [0.2, 0.25) is 0 Å². The quantitative estimate of drug-likeness (QED) is 0.849. The summed E-state index contributed by atoms with van der Waals surface area (Å²) in [6.45, 7) is 8.80. The minimum absolute atomic E-state index is 0.365. The minimum atomic E-state index is 0.365. The molecule has 2 aliphatic rings. The largest absolute Gasteiger partial charge is 0.399 e. The smallest absolute Gasteiger partial charge is 0.0678 e. The molecule has 0 saturated carbocycles. The SMILES string of the molecule is CC1CN(C2CCN(c3ccc(N)cc3)CC2)CC(C)O1. The van der Waals surface area contributed by atoms with Gasteiger partial charge >= 0.3 is 0 Å². The van der Waals surface area contributed by atoms with Crippen molar-refractivity contribution in [3.05, 3.63) is 24.3 Å². The van der Waals surface area contributed by atoms with Crippen LogP contribution in [0, 0.1) is 0 Å². The number of nitrogen functional groups attached to an aromatic ring is 1. The van der Waals surface area contributed by atoms with Crippen molar-refractivity contribution in [1.82, 2.24) is 4.90 Å². The summed E-state index contributed by atoms with van der Waals surface area (Å²) in [6, 6.07) is 8.96. The fraction of sp³-hybridized carbons (Fsp3) is 0.647. The molecule has 2 atom stereocenters. The Morgan fingerprint density at radius 3 is 2.14 bits per heavy atom. The van der Waals surface area contributed by atoms with Crippen LogP contribution in [0.1, 0.15) is 26.7 Å². The van der Waals surface area contributed by atoms with Gasteiger partial charge in [0.2, 0.25) is 0 Å². The third-order valence-corrected chi connectivity index (χ3v) is 4.69. The maximum absolute atomic E-state index is 5.84.